The van der Waals surface area contributed by atoms with Gasteiger partial charge in [-0.25, -0.2) is 29.0 Å². The number of esters is 6. The van der Waals surface area contributed by atoms with Crippen LogP contribution < -0.4 is 48.9 Å². The van der Waals surface area contributed by atoms with Gasteiger partial charge in [-0.2, -0.15) is 13.2 Å². The predicted octanol–water partition coefficient (Wildman–Crippen LogP) is 8.06. The molecule has 5 aromatic carbocycles. The Kier molecular flexibility index (Phi) is 37.0. The van der Waals surface area contributed by atoms with Crippen LogP contribution in [0.1, 0.15) is 150 Å². The molecule has 11 rings (SSSR count). The molecular weight excluding hydrogens is 1840 g/mol. The summed E-state index contributed by atoms with van der Waals surface area (Å²) in [4.78, 5) is 179. The number of carbonyl (C=O) groups excluding carboxylic acids is 13. The van der Waals surface area contributed by atoms with Gasteiger partial charge < -0.3 is 125 Å². The number of halogens is 3. The zero-order chi connectivity index (χ0) is 101. The average molecular weight is 1960 g/mol. The van der Waals surface area contributed by atoms with Crippen molar-refractivity contribution in [3.8, 4) is 34.5 Å². The number of aryl methyl sites for hydroxylation is 1. The summed E-state index contributed by atoms with van der Waals surface area (Å²) in [7, 11) is 5.04. The highest BCUT2D eigenvalue weighted by Crippen LogP contribution is 2.46. The third-order valence-electron chi connectivity index (χ3n) is 23.2. The molecule has 4 N–H and O–H groups in total. The molecule has 14 atom stereocenters. The molecule has 0 saturated carbocycles. The zero-order valence-corrected chi connectivity index (χ0v) is 78.6. The number of anilines is 2. The Hall–Kier alpha value is -13.2. The smallest absolute Gasteiger partial charge is 0.471 e. The number of hydrogen-bond acceptors (Lipinski definition) is 35. The molecule has 44 heteroatoms. The van der Waals surface area contributed by atoms with E-state index in [1.165, 1.54) is 106 Å². The topological polar surface area (TPSA) is 484 Å². The normalized spacial score (nSPS) is 22.0. The number of ether oxygens (including phenoxy) is 20. The number of fused-ring (bicyclic) bond motifs is 4. The molecule has 41 nitrogen and oxygen atoms in total. The van der Waals surface area contributed by atoms with E-state index < -0.39 is 189 Å². The number of hydrogen-bond donors (Lipinski definition) is 4. The minimum absolute atomic E-state index is 0.000391. The third-order valence-corrected chi connectivity index (χ3v) is 23.2. The van der Waals surface area contributed by atoms with Crippen molar-refractivity contribution < 1.29 is 180 Å². The summed E-state index contributed by atoms with van der Waals surface area (Å²) in [5.74, 6) is -11.2. The number of nitrogens with zero attached hydrogens (tertiary/aromatic N) is 4. The monoisotopic (exact) mass is 1950 g/mol. The van der Waals surface area contributed by atoms with Crippen LogP contribution in [0.5, 0.6) is 34.5 Å². The number of alkyl halides is 3. The zero-order valence-electron chi connectivity index (χ0n) is 78.6. The van der Waals surface area contributed by atoms with Crippen molar-refractivity contribution >= 4 is 88.8 Å². The first-order valence-electron chi connectivity index (χ1n) is 44.4. The van der Waals surface area contributed by atoms with Crippen LogP contribution in [0.15, 0.2) is 103 Å². The van der Waals surface area contributed by atoms with Gasteiger partial charge in [0.1, 0.15) is 68.7 Å². The van der Waals surface area contributed by atoms with Crippen LogP contribution in [0, 0.1) is 18.8 Å². The van der Waals surface area contributed by atoms with Crippen molar-refractivity contribution in [3.63, 3.8) is 0 Å². The van der Waals surface area contributed by atoms with Crippen molar-refractivity contribution in [2.45, 2.75) is 194 Å². The van der Waals surface area contributed by atoms with Crippen LogP contribution in [-0.2, 0) is 126 Å². The van der Waals surface area contributed by atoms with Crippen molar-refractivity contribution in [2.75, 3.05) is 117 Å². The number of aliphatic hydroxyl groups is 2. The summed E-state index contributed by atoms with van der Waals surface area (Å²) in [6, 6.07) is 16.5. The molecule has 0 radical (unpaired) electrons. The molecule has 6 heterocycles. The molecule has 4 saturated heterocycles. The van der Waals surface area contributed by atoms with Crippen LogP contribution in [0.25, 0.3) is 0 Å². The number of benzene rings is 5. The number of carbonyl (C=O) groups is 13. The molecule has 0 bridgehead atoms. The van der Waals surface area contributed by atoms with E-state index in [0.29, 0.717) is 27.8 Å². The minimum atomic E-state index is -5.20. The first-order valence-corrected chi connectivity index (χ1v) is 44.4. The standard InChI is InChI=1S/C95H113F3N6O35/c1-49-31-70-87(114)103(93(118)131-45-60-19-21-74(67(38-60)84(111)99-22-16-23-100-92(117)95(96,97)98)137-90-53(5)80(134-56(8)106)81(135-57(9)107)82(139-90)89(116)123-14)68-40-75(51(3)33-64(68)85(112)101(70)42-49)128-46-61-34-62(36-63(35-61)127-30-29-125-26-25-124-27-28-126-48-78(110)122-13)47-129-77-41-69-65(39-76(77)121-12)86(113)102-43-50(2)32-71(102)88(115)104(69)94(119)130-44-59-18-20-73(66(37-59)72(109)17-15-24-120-11)138-91-83(136-58(10)108)79(133-55(7)105)52(4)54(6)132-91/h18-21,33-41,52-54,70-71,79-83,87-88,90-91,114-115H,1-2,15-17,22-32,42-48H2,3-14H3,(H,99,111)(H,100,117)/t52-,53-,54-,70+,71+,79+,80-,81+,82+,83-,87?,88?,90-,91+/m1/s1. The second-order valence-corrected chi connectivity index (χ2v) is 33.5. The molecule has 139 heavy (non-hydrogen) atoms. The van der Waals surface area contributed by atoms with E-state index in [1.54, 1.807) is 44.3 Å². The largest absolute Gasteiger partial charge is 0.493 e. The molecule has 0 aliphatic carbocycles. The van der Waals surface area contributed by atoms with Gasteiger partial charge >= 0.3 is 60.1 Å². The lowest BCUT2D eigenvalue weighted by Crippen LogP contribution is -2.60. The Balaban J connectivity index is 0.876. The average Bonchev–Trinajstić information content (AvgIpc) is 1.72. The predicted molar refractivity (Wildman–Crippen MR) is 475 cm³/mol. The van der Waals surface area contributed by atoms with Crippen LogP contribution in [-0.4, -0.2) is 285 Å². The maximum absolute atomic E-state index is 15.1. The molecule has 0 spiro atoms. The molecule has 2 unspecified atom stereocenters. The number of nitrogens with one attached hydrogen (secondary N) is 2. The van der Waals surface area contributed by atoms with Crippen molar-refractivity contribution in [2.24, 2.45) is 11.8 Å². The second kappa shape index (κ2) is 48.4. The summed E-state index contributed by atoms with van der Waals surface area (Å²) < 4.78 is 155. The summed E-state index contributed by atoms with van der Waals surface area (Å²) >= 11 is 0. The number of amides is 6. The van der Waals surface area contributed by atoms with E-state index >= 15 is 9.59 Å². The molecule has 754 valence electrons. The molecular formula is C95H113F3N6O35. The Labute approximate surface area is 797 Å². The molecule has 0 aromatic heterocycles. The first-order chi connectivity index (χ1) is 66.2. The molecule has 5 aromatic rings. The van der Waals surface area contributed by atoms with Crippen LogP contribution >= 0.6 is 0 Å². The highest BCUT2D eigenvalue weighted by atomic mass is 19.4. The number of Topliss-reactive ketones (excluding diaryl/α,β-unsaturated/α-hetero) is 1. The maximum Gasteiger partial charge on any atom is 0.471 e. The number of rotatable bonds is 42. The van der Waals surface area contributed by atoms with Crippen molar-refractivity contribution in [3.05, 3.63) is 153 Å². The molecule has 6 aliphatic heterocycles. The molecule has 6 aliphatic rings. The van der Waals surface area contributed by atoms with Gasteiger partial charge in [-0.3, -0.25) is 43.2 Å². The van der Waals surface area contributed by atoms with Crippen molar-refractivity contribution in [1.82, 2.24) is 20.4 Å². The van der Waals surface area contributed by atoms with Gasteiger partial charge in [0.15, 0.2) is 48.0 Å². The van der Waals surface area contributed by atoms with E-state index in [2.05, 4.69) is 23.2 Å². The number of aliphatic hydroxyl groups excluding tert-OH is 2. The Morgan fingerprint density at radius 2 is 1.01 bits per heavy atom. The van der Waals surface area contributed by atoms with Gasteiger partial charge in [0.25, 0.3) is 17.7 Å². The van der Waals surface area contributed by atoms with Gasteiger partial charge in [-0.05, 0) is 122 Å². The molecule has 4 fully saturated rings. The SMILES string of the molecule is C=C1C[C@H]2C(O)N(C(=O)OCc3ccc(O[C@@H]4O[C@H](C(=O)OC)[C@@H](OC(C)=O)[C@H](OC(C)=O)[C@H]4C)c(C(=O)NCCCNC(=O)C(F)(F)F)c3)c3cc(OCc4cc(COc5cc6c(cc5OC)C(=O)N5CC(=C)C[C@H]5C(O)N6C(=O)OCc5ccc(O[C@@H]6O[C@H](C)[C@@H](C)[C@H](OC(C)=O)[C@H]6OC(C)=O)c(C(=O)CCCOC)c5)cc(OCCOCCOCCOCC(=O)OC)c4)c(C)cc3C(=O)N2C1. The Morgan fingerprint density at radius 3 is 1.56 bits per heavy atom. The van der Waals surface area contributed by atoms with Gasteiger partial charge in [0.2, 0.25) is 18.7 Å². The number of methoxy groups -OCH3 is 4. The van der Waals surface area contributed by atoms with Crippen LogP contribution in [0.4, 0.5) is 34.1 Å². The lowest BCUT2D eigenvalue weighted by molar-refractivity contribution is -0.263. The fourth-order valence-electron chi connectivity index (χ4n) is 16.4. The lowest BCUT2D eigenvalue weighted by atomic mass is 9.91. The summed E-state index contributed by atoms with van der Waals surface area (Å²) in [5, 5.41) is 29.2. The van der Waals surface area contributed by atoms with E-state index in [4.69, 9.17) is 90.0 Å². The highest BCUT2D eigenvalue weighted by molar-refractivity contribution is 6.07. The first kappa shape index (κ1) is 106. The maximum atomic E-state index is 15.1. The van der Waals surface area contributed by atoms with Crippen LogP contribution in [0.3, 0.4) is 0 Å². The van der Waals surface area contributed by atoms with Crippen molar-refractivity contribution in [1.29, 1.82) is 0 Å². The van der Waals surface area contributed by atoms with Gasteiger partial charge in [-0.1, -0.05) is 50.3 Å². The summed E-state index contributed by atoms with van der Waals surface area (Å²) in [6.45, 7) is 17.0. The summed E-state index contributed by atoms with van der Waals surface area (Å²) in [5.41, 5.74) is 1.72. The van der Waals surface area contributed by atoms with Gasteiger partial charge in [0.05, 0.1) is 112 Å². The second-order valence-electron chi connectivity index (χ2n) is 33.5. The number of ketones is 1. The highest BCUT2D eigenvalue weighted by Gasteiger charge is 2.55. The van der Waals surface area contributed by atoms with E-state index in [-0.39, 0.29) is 197 Å². The molecule has 6 amide bonds. The van der Waals surface area contributed by atoms with Crippen LogP contribution in [0.2, 0.25) is 0 Å². The quantitative estimate of drug-likeness (QED) is 0.00942. The lowest BCUT2D eigenvalue weighted by Gasteiger charge is -2.43. The fourth-order valence-corrected chi connectivity index (χ4v) is 16.4. The third kappa shape index (κ3) is 27.0. The fraction of sp³-hybridized carbons (Fsp3) is 0.505. The van der Waals surface area contributed by atoms with E-state index in [0.717, 1.165) is 37.7 Å². The minimum Gasteiger partial charge on any atom is -0.493 e. The van der Waals surface area contributed by atoms with E-state index in [1.807, 2.05) is 0 Å². The Morgan fingerprint density at radius 1 is 0.511 bits per heavy atom. The van der Waals surface area contributed by atoms with Gasteiger partial charge in [-0.15, -0.1) is 0 Å². The van der Waals surface area contributed by atoms with Gasteiger partial charge in [0, 0.05) is 92.1 Å². The Bertz CT molecular complexity index is 5380. The summed E-state index contributed by atoms with van der Waals surface area (Å²) in [6.07, 6.45) is -21.8. The van der Waals surface area contributed by atoms with E-state index in [9.17, 15) is 76.1 Å².